The molecule has 0 spiro atoms. The number of rotatable bonds is 5. The van der Waals surface area contributed by atoms with Crippen molar-refractivity contribution in [2.45, 2.75) is 46.8 Å². The molecule has 1 aliphatic heterocycles. The molecule has 0 bridgehead atoms. The van der Waals surface area contributed by atoms with Gasteiger partial charge in [0.2, 0.25) is 0 Å². The van der Waals surface area contributed by atoms with Crippen LogP contribution in [0.25, 0.3) is 11.1 Å². The lowest BCUT2D eigenvalue weighted by Gasteiger charge is -2.20. The van der Waals surface area contributed by atoms with Crippen LogP contribution in [0.3, 0.4) is 0 Å². The summed E-state index contributed by atoms with van der Waals surface area (Å²) in [4.78, 5) is 13.9. The standard InChI is InChI=1S/C26H26FNO2/c1-16-8-10-19(11-9-16)26-18(3)23-15-28(13-20-6-4-5-7-24(20)27)14-22(23)17(2)21(26)12-25(29)30/h4-11H,12-15H2,1-3H3,(H,29,30). The Balaban J connectivity index is 1.78. The first-order chi connectivity index (χ1) is 14.3. The predicted molar refractivity (Wildman–Crippen MR) is 117 cm³/mol. The summed E-state index contributed by atoms with van der Waals surface area (Å²) in [5.41, 5.74) is 9.43. The zero-order valence-electron chi connectivity index (χ0n) is 17.6. The highest BCUT2D eigenvalue weighted by atomic mass is 19.1. The summed E-state index contributed by atoms with van der Waals surface area (Å²) < 4.78 is 14.2. The zero-order valence-corrected chi connectivity index (χ0v) is 17.6. The van der Waals surface area contributed by atoms with Crippen molar-refractivity contribution in [3.63, 3.8) is 0 Å². The lowest BCUT2D eigenvalue weighted by atomic mass is 9.84. The molecule has 1 aliphatic rings. The van der Waals surface area contributed by atoms with Gasteiger partial charge in [-0.1, -0.05) is 48.0 Å². The fraction of sp³-hybridized carbons (Fsp3) is 0.269. The molecule has 3 nitrogen and oxygen atoms in total. The van der Waals surface area contributed by atoms with E-state index in [1.165, 1.54) is 22.8 Å². The van der Waals surface area contributed by atoms with Crippen LogP contribution < -0.4 is 0 Å². The van der Waals surface area contributed by atoms with E-state index in [-0.39, 0.29) is 12.2 Å². The molecule has 0 saturated carbocycles. The van der Waals surface area contributed by atoms with E-state index in [2.05, 4.69) is 36.1 Å². The van der Waals surface area contributed by atoms with Crippen molar-refractivity contribution in [2.75, 3.05) is 0 Å². The number of aliphatic carboxylic acids is 1. The second kappa shape index (κ2) is 8.04. The van der Waals surface area contributed by atoms with Crippen LogP contribution in [0.15, 0.2) is 48.5 Å². The van der Waals surface area contributed by atoms with Gasteiger partial charge in [0, 0.05) is 25.2 Å². The first kappa shape index (κ1) is 20.3. The molecule has 154 valence electrons. The van der Waals surface area contributed by atoms with Gasteiger partial charge in [-0.3, -0.25) is 9.69 Å². The van der Waals surface area contributed by atoms with Crippen LogP contribution in [0.1, 0.15) is 38.9 Å². The van der Waals surface area contributed by atoms with Gasteiger partial charge in [0.05, 0.1) is 6.42 Å². The number of carbonyl (C=O) groups is 1. The maximum atomic E-state index is 14.2. The molecule has 0 amide bonds. The summed E-state index contributed by atoms with van der Waals surface area (Å²) in [7, 11) is 0. The molecule has 0 aliphatic carbocycles. The van der Waals surface area contributed by atoms with Crippen LogP contribution >= 0.6 is 0 Å². The maximum Gasteiger partial charge on any atom is 0.307 e. The van der Waals surface area contributed by atoms with Crippen LogP contribution in [0.5, 0.6) is 0 Å². The van der Waals surface area contributed by atoms with Gasteiger partial charge < -0.3 is 5.11 Å². The molecule has 0 atom stereocenters. The van der Waals surface area contributed by atoms with Crippen molar-refractivity contribution in [1.82, 2.24) is 4.90 Å². The second-order valence-corrected chi connectivity index (χ2v) is 8.23. The summed E-state index contributed by atoms with van der Waals surface area (Å²) in [5.74, 6) is -1.01. The summed E-state index contributed by atoms with van der Waals surface area (Å²) in [6, 6.07) is 15.2. The van der Waals surface area contributed by atoms with Gasteiger partial charge in [0.15, 0.2) is 0 Å². The Kier molecular flexibility index (Phi) is 5.44. The molecule has 4 heteroatoms. The first-order valence-electron chi connectivity index (χ1n) is 10.2. The Labute approximate surface area is 176 Å². The minimum atomic E-state index is -0.827. The molecular weight excluding hydrogens is 377 g/mol. The zero-order chi connectivity index (χ0) is 21.4. The number of halogens is 1. The van der Waals surface area contributed by atoms with E-state index >= 15 is 0 Å². The number of nitrogens with zero attached hydrogens (tertiary/aromatic N) is 1. The van der Waals surface area contributed by atoms with Crippen LogP contribution in [0.2, 0.25) is 0 Å². The quantitative estimate of drug-likeness (QED) is 0.606. The van der Waals surface area contributed by atoms with Crippen molar-refractivity contribution in [1.29, 1.82) is 0 Å². The van der Waals surface area contributed by atoms with Crippen molar-refractivity contribution in [2.24, 2.45) is 0 Å². The van der Waals surface area contributed by atoms with Gasteiger partial charge in [-0.25, -0.2) is 4.39 Å². The Bertz CT molecular complexity index is 1120. The second-order valence-electron chi connectivity index (χ2n) is 8.23. The van der Waals surface area contributed by atoms with E-state index < -0.39 is 5.97 Å². The molecule has 1 heterocycles. The van der Waals surface area contributed by atoms with Crippen LogP contribution in [-0.4, -0.2) is 16.0 Å². The Morgan fingerprint density at radius 3 is 2.23 bits per heavy atom. The third-order valence-corrected chi connectivity index (χ3v) is 6.18. The highest BCUT2D eigenvalue weighted by Crippen LogP contribution is 2.40. The van der Waals surface area contributed by atoms with Crippen LogP contribution in [0, 0.1) is 26.6 Å². The molecule has 0 radical (unpaired) electrons. The van der Waals surface area contributed by atoms with Gasteiger partial charge in [-0.05, 0) is 65.8 Å². The third-order valence-electron chi connectivity index (χ3n) is 6.18. The molecule has 3 aromatic carbocycles. The smallest absolute Gasteiger partial charge is 0.307 e. The average Bonchev–Trinajstić information content (AvgIpc) is 3.13. The summed E-state index contributed by atoms with van der Waals surface area (Å²) >= 11 is 0. The Morgan fingerprint density at radius 2 is 1.60 bits per heavy atom. The first-order valence-corrected chi connectivity index (χ1v) is 10.2. The molecule has 3 aromatic rings. The SMILES string of the molecule is Cc1ccc(-c2c(C)c3c(c(C)c2CC(=O)O)CN(Cc2ccccc2F)C3)cc1. The topological polar surface area (TPSA) is 40.5 Å². The molecular formula is C26H26FNO2. The molecule has 0 saturated heterocycles. The highest BCUT2D eigenvalue weighted by Gasteiger charge is 2.28. The van der Waals surface area contributed by atoms with Crippen LogP contribution in [0.4, 0.5) is 4.39 Å². The fourth-order valence-electron chi connectivity index (χ4n) is 4.59. The number of fused-ring (bicyclic) bond motifs is 1. The lowest BCUT2D eigenvalue weighted by molar-refractivity contribution is -0.136. The van der Waals surface area contributed by atoms with Crippen molar-refractivity contribution in [3.05, 3.63) is 93.3 Å². The monoisotopic (exact) mass is 403 g/mol. The third kappa shape index (κ3) is 3.75. The summed E-state index contributed by atoms with van der Waals surface area (Å²) in [6.45, 7) is 8.14. The Morgan fingerprint density at radius 1 is 0.967 bits per heavy atom. The molecule has 30 heavy (non-hydrogen) atoms. The average molecular weight is 403 g/mol. The highest BCUT2D eigenvalue weighted by molar-refractivity contribution is 5.81. The van der Waals surface area contributed by atoms with E-state index in [1.54, 1.807) is 6.07 Å². The van der Waals surface area contributed by atoms with E-state index in [9.17, 15) is 14.3 Å². The number of aryl methyl sites for hydroxylation is 1. The maximum absolute atomic E-state index is 14.2. The largest absolute Gasteiger partial charge is 0.481 e. The van der Waals surface area contributed by atoms with Crippen molar-refractivity contribution >= 4 is 5.97 Å². The molecule has 4 rings (SSSR count). The number of carboxylic acids is 1. The van der Waals surface area contributed by atoms with Crippen LogP contribution in [-0.2, 0) is 30.8 Å². The number of carboxylic acid groups (broad SMARTS) is 1. The van der Waals surface area contributed by atoms with Gasteiger partial charge in [0.25, 0.3) is 0 Å². The lowest BCUT2D eigenvalue weighted by Crippen LogP contribution is -2.16. The number of hydrogen-bond acceptors (Lipinski definition) is 2. The minimum absolute atomic E-state index is 0.00350. The summed E-state index contributed by atoms with van der Waals surface area (Å²) in [5, 5.41) is 9.57. The van der Waals surface area contributed by atoms with Crippen molar-refractivity contribution in [3.8, 4) is 11.1 Å². The predicted octanol–water partition coefficient (Wildman–Crippen LogP) is 5.56. The Hall–Kier alpha value is -2.98. The summed E-state index contributed by atoms with van der Waals surface area (Å²) in [6.07, 6.45) is -0.00350. The van der Waals surface area contributed by atoms with E-state index in [0.29, 0.717) is 18.7 Å². The van der Waals surface area contributed by atoms with E-state index in [4.69, 9.17) is 0 Å². The van der Waals surface area contributed by atoms with Crippen molar-refractivity contribution < 1.29 is 14.3 Å². The molecule has 0 aromatic heterocycles. The van der Waals surface area contributed by atoms with Gasteiger partial charge in [-0.2, -0.15) is 0 Å². The molecule has 1 N–H and O–H groups in total. The normalized spacial score (nSPS) is 13.5. The number of hydrogen-bond donors (Lipinski definition) is 1. The van der Waals surface area contributed by atoms with E-state index in [1.807, 2.05) is 26.0 Å². The molecule has 0 unspecified atom stereocenters. The van der Waals surface area contributed by atoms with E-state index in [0.717, 1.165) is 34.4 Å². The van der Waals surface area contributed by atoms with Gasteiger partial charge in [0.1, 0.15) is 5.82 Å². The minimum Gasteiger partial charge on any atom is -0.481 e. The fourth-order valence-corrected chi connectivity index (χ4v) is 4.59. The van der Waals surface area contributed by atoms with Gasteiger partial charge in [-0.15, -0.1) is 0 Å². The molecule has 0 fully saturated rings. The van der Waals surface area contributed by atoms with Gasteiger partial charge >= 0.3 is 5.97 Å². The number of benzene rings is 3.